The van der Waals surface area contributed by atoms with Crippen LogP contribution in [0.2, 0.25) is 0 Å². The molecule has 0 amide bonds. The zero-order chi connectivity index (χ0) is 14.0. The molecule has 2 N–H and O–H groups in total. The van der Waals surface area contributed by atoms with Crippen molar-refractivity contribution in [3.8, 4) is 0 Å². The van der Waals surface area contributed by atoms with Crippen molar-refractivity contribution in [2.24, 2.45) is 11.3 Å². The van der Waals surface area contributed by atoms with E-state index in [4.69, 9.17) is 0 Å². The van der Waals surface area contributed by atoms with E-state index >= 15 is 0 Å². The summed E-state index contributed by atoms with van der Waals surface area (Å²) in [5.41, 5.74) is 1.00. The molecule has 0 aliphatic heterocycles. The summed E-state index contributed by atoms with van der Waals surface area (Å²) in [7, 11) is 0. The third-order valence-electron chi connectivity index (χ3n) is 5.48. The fourth-order valence-corrected chi connectivity index (χ4v) is 4.36. The zero-order valence-electron chi connectivity index (χ0n) is 11.9. The number of aliphatic hydroxyl groups excluding tert-OH is 1. The summed E-state index contributed by atoms with van der Waals surface area (Å²) in [4.78, 5) is 0. The van der Waals surface area contributed by atoms with Crippen molar-refractivity contribution in [2.45, 2.75) is 51.0 Å². The summed E-state index contributed by atoms with van der Waals surface area (Å²) in [5.74, 6) is 0.444. The van der Waals surface area contributed by atoms with Crippen LogP contribution in [0.25, 0.3) is 0 Å². The first kappa shape index (κ1) is 13.9. The van der Waals surface area contributed by atoms with E-state index in [0.29, 0.717) is 12.0 Å². The highest BCUT2D eigenvalue weighted by molar-refractivity contribution is 5.44. The minimum atomic E-state index is -0.202. The summed E-state index contributed by atoms with van der Waals surface area (Å²) in [5, 5.41) is 13.6. The molecule has 0 saturated heterocycles. The van der Waals surface area contributed by atoms with Crippen molar-refractivity contribution in [3.05, 3.63) is 30.1 Å². The molecule has 3 heteroatoms. The number of hydrogen-bond acceptors (Lipinski definition) is 2. The van der Waals surface area contributed by atoms with E-state index in [0.717, 1.165) is 18.5 Å². The van der Waals surface area contributed by atoms with Crippen LogP contribution in [0.15, 0.2) is 24.3 Å². The lowest BCUT2D eigenvalue weighted by Crippen LogP contribution is -2.52. The molecule has 2 fully saturated rings. The minimum Gasteiger partial charge on any atom is -0.396 e. The highest BCUT2D eigenvalue weighted by atomic mass is 19.1. The van der Waals surface area contributed by atoms with Crippen molar-refractivity contribution in [1.29, 1.82) is 0 Å². The maximum Gasteiger partial charge on any atom is 0.123 e. The number of anilines is 1. The first-order valence-electron chi connectivity index (χ1n) is 7.87. The van der Waals surface area contributed by atoms with Gasteiger partial charge in [0.2, 0.25) is 0 Å². The van der Waals surface area contributed by atoms with Gasteiger partial charge in [0.15, 0.2) is 0 Å². The van der Waals surface area contributed by atoms with Crippen LogP contribution in [0.4, 0.5) is 10.1 Å². The van der Waals surface area contributed by atoms with Gasteiger partial charge in [-0.25, -0.2) is 4.39 Å². The molecular formula is C17H24FNO. The number of fused-ring (bicyclic) bond motifs is 1. The maximum atomic E-state index is 13.0. The Hall–Kier alpha value is -1.09. The topological polar surface area (TPSA) is 32.3 Å². The molecular weight excluding hydrogens is 253 g/mol. The Morgan fingerprint density at radius 1 is 1.10 bits per heavy atom. The third-order valence-corrected chi connectivity index (χ3v) is 5.48. The molecule has 2 nitrogen and oxygen atoms in total. The molecule has 0 radical (unpaired) electrons. The highest BCUT2D eigenvalue weighted by Crippen LogP contribution is 2.51. The molecule has 0 aromatic heterocycles. The first-order valence-corrected chi connectivity index (χ1v) is 7.87. The molecule has 2 saturated carbocycles. The van der Waals surface area contributed by atoms with Gasteiger partial charge in [-0.2, -0.15) is 0 Å². The largest absolute Gasteiger partial charge is 0.396 e. The van der Waals surface area contributed by atoms with Crippen LogP contribution in [0, 0.1) is 17.2 Å². The van der Waals surface area contributed by atoms with Crippen molar-refractivity contribution in [2.75, 3.05) is 11.9 Å². The van der Waals surface area contributed by atoms with E-state index in [2.05, 4.69) is 5.32 Å². The van der Waals surface area contributed by atoms with Crippen LogP contribution in [0.1, 0.15) is 44.9 Å². The van der Waals surface area contributed by atoms with Crippen LogP contribution in [-0.4, -0.2) is 17.8 Å². The van der Waals surface area contributed by atoms with Gasteiger partial charge in [-0.15, -0.1) is 0 Å². The molecule has 20 heavy (non-hydrogen) atoms. The Morgan fingerprint density at radius 2 is 1.85 bits per heavy atom. The second-order valence-corrected chi connectivity index (χ2v) is 6.47. The van der Waals surface area contributed by atoms with Crippen LogP contribution in [-0.2, 0) is 0 Å². The number of aliphatic hydroxyl groups is 1. The monoisotopic (exact) mass is 277 g/mol. The molecule has 0 spiro atoms. The van der Waals surface area contributed by atoms with Crippen molar-refractivity contribution < 1.29 is 9.50 Å². The molecule has 3 rings (SSSR count). The van der Waals surface area contributed by atoms with Crippen LogP contribution >= 0.6 is 0 Å². The van der Waals surface area contributed by atoms with Gasteiger partial charge in [-0.3, -0.25) is 0 Å². The van der Waals surface area contributed by atoms with Crippen LogP contribution < -0.4 is 5.32 Å². The maximum absolute atomic E-state index is 13.0. The number of rotatable bonds is 3. The molecule has 2 aliphatic rings. The van der Waals surface area contributed by atoms with E-state index in [1.54, 1.807) is 12.1 Å². The number of nitrogens with one attached hydrogen (secondary N) is 1. The van der Waals surface area contributed by atoms with E-state index in [9.17, 15) is 9.50 Å². The molecule has 1 unspecified atom stereocenters. The Balaban J connectivity index is 1.81. The summed E-state index contributed by atoms with van der Waals surface area (Å²) < 4.78 is 13.0. The highest BCUT2D eigenvalue weighted by Gasteiger charge is 2.48. The summed E-state index contributed by atoms with van der Waals surface area (Å²) >= 11 is 0. The van der Waals surface area contributed by atoms with E-state index in [1.165, 1.54) is 44.2 Å². The predicted octanol–water partition coefficient (Wildman–Crippen LogP) is 3.96. The van der Waals surface area contributed by atoms with E-state index in [1.807, 2.05) is 0 Å². The summed E-state index contributed by atoms with van der Waals surface area (Å²) in [6.45, 7) is 0.274. The smallest absolute Gasteiger partial charge is 0.123 e. The Labute approximate surface area is 120 Å². The summed E-state index contributed by atoms with van der Waals surface area (Å²) in [6.07, 6.45) is 8.48. The quantitative estimate of drug-likeness (QED) is 0.876. The standard InChI is InChI=1S/C17H24FNO/c18-14-7-9-15(10-8-14)19-16-6-3-5-13-4-1-2-11-17(13,16)12-20/h7-10,13,16,19-20H,1-6,11-12H2/t13-,16-,17?/m1/s1. The fourth-order valence-electron chi connectivity index (χ4n) is 4.36. The molecule has 1 aromatic rings. The second kappa shape index (κ2) is 5.72. The van der Waals surface area contributed by atoms with E-state index < -0.39 is 0 Å². The zero-order valence-corrected chi connectivity index (χ0v) is 11.9. The van der Waals surface area contributed by atoms with Gasteiger partial charge in [0.1, 0.15) is 5.82 Å². The second-order valence-electron chi connectivity index (χ2n) is 6.47. The van der Waals surface area contributed by atoms with Gasteiger partial charge in [0.25, 0.3) is 0 Å². The lowest BCUT2D eigenvalue weighted by atomic mass is 9.57. The Morgan fingerprint density at radius 3 is 2.60 bits per heavy atom. The Kier molecular flexibility index (Phi) is 3.97. The molecule has 2 aliphatic carbocycles. The lowest BCUT2D eigenvalue weighted by molar-refractivity contribution is -0.0202. The van der Waals surface area contributed by atoms with Crippen LogP contribution in [0.5, 0.6) is 0 Å². The van der Waals surface area contributed by atoms with E-state index in [-0.39, 0.29) is 17.8 Å². The molecule has 1 aromatic carbocycles. The van der Waals surface area contributed by atoms with Crippen molar-refractivity contribution >= 4 is 5.69 Å². The van der Waals surface area contributed by atoms with Gasteiger partial charge in [-0.1, -0.05) is 19.3 Å². The number of benzene rings is 1. The van der Waals surface area contributed by atoms with Crippen molar-refractivity contribution in [1.82, 2.24) is 0 Å². The fraction of sp³-hybridized carbons (Fsp3) is 0.647. The van der Waals surface area contributed by atoms with Gasteiger partial charge < -0.3 is 10.4 Å². The third kappa shape index (κ3) is 2.44. The van der Waals surface area contributed by atoms with Crippen molar-refractivity contribution in [3.63, 3.8) is 0 Å². The average Bonchev–Trinajstić information content (AvgIpc) is 2.50. The number of halogens is 1. The number of hydrogen-bond donors (Lipinski definition) is 2. The molecule has 110 valence electrons. The van der Waals surface area contributed by atoms with Gasteiger partial charge in [-0.05, 0) is 55.9 Å². The molecule has 3 atom stereocenters. The first-order chi connectivity index (χ1) is 9.74. The lowest BCUT2D eigenvalue weighted by Gasteiger charge is -2.52. The summed E-state index contributed by atoms with van der Waals surface area (Å²) in [6, 6.07) is 6.90. The molecule has 0 heterocycles. The SMILES string of the molecule is OCC12CCCC[C@@H]1CCC[C@H]2Nc1ccc(F)cc1. The van der Waals surface area contributed by atoms with Gasteiger partial charge >= 0.3 is 0 Å². The average molecular weight is 277 g/mol. The Bertz CT molecular complexity index is 445. The van der Waals surface area contributed by atoms with Crippen LogP contribution in [0.3, 0.4) is 0 Å². The normalized spacial score (nSPS) is 33.5. The minimum absolute atomic E-state index is 0.0326. The van der Waals surface area contributed by atoms with Gasteiger partial charge in [0.05, 0.1) is 6.61 Å². The predicted molar refractivity (Wildman–Crippen MR) is 79.1 cm³/mol. The molecule has 0 bridgehead atoms. The van der Waals surface area contributed by atoms with Gasteiger partial charge in [0, 0.05) is 17.1 Å².